The Kier molecular flexibility index (Phi) is 7.51. The molecule has 3 aromatic rings. The molecule has 0 radical (unpaired) electrons. The standard InChI is InChI=1S/C21H23Cl2N7OS/c1-2-28-9-11-29(12-10-28)19-8-5-16(23)13-18(19)24-20(31)14-32-21-25-26-27-30(21)17-6-3-15(22)4-7-17/h3-8,13H,2,9-12,14H2,1H3,(H,24,31). The van der Waals surface area contributed by atoms with E-state index in [-0.39, 0.29) is 11.7 Å². The highest BCUT2D eigenvalue weighted by atomic mass is 35.5. The van der Waals surface area contributed by atoms with Gasteiger partial charge in [-0.05, 0) is 59.4 Å². The molecule has 1 aliphatic rings. The van der Waals surface area contributed by atoms with Gasteiger partial charge in [-0.15, -0.1) is 5.10 Å². The summed E-state index contributed by atoms with van der Waals surface area (Å²) in [6.45, 7) is 7.02. The number of anilines is 2. The maximum Gasteiger partial charge on any atom is 0.234 e. The van der Waals surface area contributed by atoms with E-state index in [1.807, 2.05) is 24.3 Å². The minimum Gasteiger partial charge on any atom is -0.367 e. The molecule has 0 saturated carbocycles. The number of amides is 1. The number of carbonyl (C=O) groups is 1. The Hall–Kier alpha value is -2.33. The molecule has 2 aromatic carbocycles. The first-order valence-electron chi connectivity index (χ1n) is 10.3. The Morgan fingerprint density at radius 1 is 1.06 bits per heavy atom. The molecule has 0 aliphatic carbocycles. The van der Waals surface area contributed by atoms with Crippen LogP contribution in [0, 0.1) is 0 Å². The van der Waals surface area contributed by atoms with Crippen LogP contribution in [0.15, 0.2) is 47.6 Å². The van der Waals surface area contributed by atoms with E-state index in [2.05, 4.69) is 37.6 Å². The number of aromatic nitrogens is 4. The van der Waals surface area contributed by atoms with Crippen LogP contribution in [-0.2, 0) is 4.79 Å². The zero-order valence-electron chi connectivity index (χ0n) is 17.5. The first-order valence-corrected chi connectivity index (χ1v) is 12.0. The number of rotatable bonds is 7. The quantitative estimate of drug-likeness (QED) is 0.502. The summed E-state index contributed by atoms with van der Waals surface area (Å²) in [5.74, 6) is 0.000137. The molecule has 32 heavy (non-hydrogen) atoms. The molecule has 0 atom stereocenters. The predicted octanol–water partition coefficient (Wildman–Crippen LogP) is 3.84. The second-order valence-corrected chi connectivity index (χ2v) is 9.08. The third-order valence-corrected chi connectivity index (χ3v) is 6.64. The van der Waals surface area contributed by atoms with Crippen molar-refractivity contribution in [2.24, 2.45) is 0 Å². The van der Waals surface area contributed by atoms with Gasteiger partial charge in [0.1, 0.15) is 0 Å². The smallest absolute Gasteiger partial charge is 0.234 e. The van der Waals surface area contributed by atoms with E-state index >= 15 is 0 Å². The number of tetrazole rings is 1. The molecule has 1 saturated heterocycles. The van der Waals surface area contributed by atoms with Crippen molar-refractivity contribution in [3.8, 4) is 5.69 Å². The van der Waals surface area contributed by atoms with Crippen LogP contribution in [0.4, 0.5) is 11.4 Å². The minimum atomic E-state index is -0.156. The maximum absolute atomic E-state index is 12.7. The summed E-state index contributed by atoms with van der Waals surface area (Å²) in [4.78, 5) is 17.4. The fourth-order valence-corrected chi connectivity index (χ4v) is 4.51. The van der Waals surface area contributed by atoms with Crippen molar-refractivity contribution < 1.29 is 4.79 Å². The van der Waals surface area contributed by atoms with Gasteiger partial charge in [-0.2, -0.15) is 4.68 Å². The molecular weight excluding hydrogens is 469 g/mol. The number of halogens is 2. The molecule has 1 fully saturated rings. The number of nitrogens with zero attached hydrogens (tertiary/aromatic N) is 6. The fraction of sp³-hybridized carbons (Fsp3) is 0.333. The van der Waals surface area contributed by atoms with Crippen LogP contribution >= 0.6 is 35.0 Å². The molecule has 1 amide bonds. The second-order valence-electron chi connectivity index (χ2n) is 7.27. The van der Waals surface area contributed by atoms with Crippen molar-refractivity contribution in [2.75, 3.05) is 48.7 Å². The van der Waals surface area contributed by atoms with Crippen molar-refractivity contribution >= 4 is 52.2 Å². The molecule has 8 nitrogen and oxygen atoms in total. The van der Waals surface area contributed by atoms with Crippen LogP contribution in [0.3, 0.4) is 0 Å². The van der Waals surface area contributed by atoms with Gasteiger partial charge in [0.2, 0.25) is 11.1 Å². The summed E-state index contributed by atoms with van der Waals surface area (Å²) >= 11 is 13.4. The predicted molar refractivity (Wildman–Crippen MR) is 129 cm³/mol. The van der Waals surface area contributed by atoms with Crippen LogP contribution in [0.1, 0.15) is 6.92 Å². The van der Waals surface area contributed by atoms with Gasteiger partial charge >= 0.3 is 0 Å². The van der Waals surface area contributed by atoms with Gasteiger partial charge in [0.25, 0.3) is 0 Å². The molecule has 0 bridgehead atoms. The molecule has 1 aromatic heterocycles. The summed E-state index contributed by atoms with van der Waals surface area (Å²) in [6.07, 6.45) is 0. The van der Waals surface area contributed by atoms with E-state index in [1.54, 1.807) is 22.9 Å². The topological polar surface area (TPSA) is 79.2 Å². The SMILES string of the molecule is CCN1CCN(c2ccc(Cl)cc2NC(=O)CSc2nnnn2-c2ccc(Cl)cc2)CC1. The molecule has 2 heterocycles. The van der Waals surface area contributed by atoms with Crippen molar-refractivity contribution in [1.29, 1.82) is 0 Å². The Morgan fingerprint density at radius 2 is 1.78 bits per heavy atom. The number of thioether (sulfide) groups is 1. The van der Waals surface area contributed by atoms with Crippen molar-refractivity contribution in [3.63, 3.8) is 0 Å². The number of nitrogens with one attached hydrogen (secondary N) is 1. The van der Waals surface area contributed by atoms with Crippen LogP contribution in [0.5, 0.6) is 0 Å². The number of likely N-dealkylation sites (N-methyl/N-ethyl adjacent to an activating group) is 1. The third kappa shape index (κ3) is 5.53. The largest absolute Gasteiger partial charge is 0.367 e. The fourth-order valence-electron chi connectivity index (χ4n) is 3.52. The molecule has 0 unspecified atom stereocenters. The number of piperazine rings is 1. The monoisotopic (exact) mass is 491 g/mol. The molecule has 1 aliphatic heterocycles. The van der Waals surface area contributed by atoms with E-state index in [1.165, 1.54) is 11.8 Å². The summed E-state index contributed by atoms with van der Waals surface area (Å²) in [5, 5.41) is 16.5. The highest BCUT2D eigenvalue weighted by Gasteiger charge is 2.20. The Morgan fingerprint density at radius 3 is 2.50 bits per heavy atom. The van der Waals surface area contributed by atoms with Crippen molar-refractivity contribution in [2.45, 2.75) is 12.1 Å². The molecule has 11 heteroatoms. The van der Waals surface area contributed by atoms with Gasteiger partial charge in [-0.3, -0.25) is 4.79 Å². The lowest BCUT2D eigenvalue weighted by Gasteiger charge is -2.36. The van der Waals surface area contributed by atoms with Gasteiger partial charge in [0, 0.05) is 36.2 Å². The highest BCUT2D eigenvalue weighted by Crippen LogP contribution is 2.30. The lowest BCUT2D eigenvalue weighted by Crippen LogP contribution is -2.46. The van der Waals surface area contributed by atoms with Gasteiger partial charge in [0.05, 0.1) is 22.8 Å². The van der Waals surface area contributed by atoms with Crippen LogP contribution in [-0.4, -0.2) is 69.5 Å². The van der Waals surface area contributed by atoms with E-state index in [0.29, 0.717) is 20.9 Å². The number of carbonyl (C=O) groups excluding carboxylic acids is 1. The molecule has 4 rings (SSSR count). The van der Waals surface area contributed by atoms with Crippen LogP contribution in [0.2, 0.25) is 10.0 Å². The Labute approximate surface area is 200 Å². The highest BCUT2D eigenvalue weighted by molar-refractivity contribution is 7.99. The van der Waals surface area contributed by atoms with Crippen molar-refractivity contribution in [1.82, 2.24) is 25.1 Å². The summed E-state index contributed by atoms with van der Waals surface area (Å²) < 4.78 is 1.58. The van der Waals surface area contributed by atoms with E-state index < -0.39 is 0 Å². The number of hydrogen-bond donors (Lipinski definition) is 1. The van der Waals surface area contributed by atoms with Gasteiger partial charge < -0.3 is 15.1 Å². The molecule has 0 spiro atoms. The lowest BCUT2D eigenvalue weighted by molar-refractivity contribution is -0.113. The molecule has 168 valence electrons. The maximum atomic E-state index is 12.7. The zero-order chi connectivity index (χ0) is 22.5. The summed E-state index contributed by atoms with van der Waals surface area (Å²) in [7, 11) is 0. The average molecular weight is 492 g/mol. The Bertz CT molecular complexity index is 1070. The Balaban J connectivity index is 1.42. The van der Waals surface area contributed by atoms with Gasteiger partial charge in [0.15, 0.2) is 0 Å². The van der Waals surface area contributed by atoms with E-state index in [4.69, 9.17) is 23.2 Å². The number of hydrogen-bond acceptors (Lipinski definition) is 7. The first kappa shape index (κ1) is 22.8. The van der Waals surface area contributed by atoms with Crippen LogP contribution < -0.4 is 10.2 Å². The van der Waals surface area contributed by atoms with Gasteiger partial charge in [-0.1, -0.05) is 41.9 Å². The minimum absolute atomic E-state index is 0.156. The molecular formula is C21H23Cl2N7OS. The van der Waals surface area contributed by atoms with Gasteiger partial charge in [-0.25, -0.2) is 0 Å². The van der Waals surface area contributed by atoms with Crippen molar-refractivity contribution in [3.05, 3.63) is 52.5 Å². The zero-order valence-corrected chi connectivity index (χ0v) is 19.9. The number of benzene rings is 2. The molecule has 1 N–H and O–H groups in total. The lowest BCUT2D eigenvalue weighted by atomic mass is 10.2. The first-order chi connectivity index (χ1) is 15.5. The summed E-state index contributed by atoms with van der Waals surface area (Å²) in [6, 6.07) is 12.8. The average Bonchev–Trinajstić information content (AvgIpc) is 3.27. The van der Waals surface area contributed by atoms with E-state index in [0.717, 1.165) is 44.1 Å². The normalized spacial score (nSPS) is 14.5. The van der Waals surface area contributed by atoms with Crippen LogP contribution in [0.25, 0.3) is 5.69 Å². The third-order valence-electron chi connectivity index (χ3n) is 5.24. The second kappa shape index (κ2) is 10.5. The van der Waals surface area contributed by atoms with E-state index in [9.17, 15) is 4.79 Å². The summed E-state index contributed by atoms with van der Waals surface area (Å²) in [5.41, 5.74) is 2.46.